The maximum absolute atomic E-state index is 10.8. The first-order valence-corrected chi connectivity index (χ1v) is 3.40. The van der Waals surface area contributed by atoms with E-state index in [1.54, 1.807) is 0 Å². The molecule has 0 amide bonds. The highest BCUT2D eigenvalue weighted by Gasteiger charge is 2.09. The van der Waals surface area contributed by atoms with E-state index in [0.717, 1.165) is 0 Å². The van der Waals surface area contributed by atoms with Crippen LogP contribution in [0.5, 0.6) is 0 Å². The van der Waals surface area contributed by atoms with Crippen molar-refractivity contribution >= 4 is 29.2 Å². The molecule has 0 aromatic carbocycles. The fraction of sp³-hybridized carbons (Fsp3) is 0. The molecule has 1 N–H and O–H groups in total. The molecule has 11 heavy (non-hydrogen) atoms. The van der Waals surface area contributed by atoms with Crippen molar-refractivity contribution in [2.24, 2.45) is 0 Å². The summed E-state index contributed by atoms with van der Waals surface area (Å²) in [7, 11) is 0. The molecule has 3 nitrogen and oxygen atoms in total. The third-order valence-electron chi connectivity index (χ3n) is 1.01. The molecule has 0 saturated heterocycles. The summed E-state index contributed by atoms with van der Waals surface area (Å²) in [5.74, 6) is -0.928. The topological polar surface area (TPSA) is 50.2 Å². The average Bonchev–Trinajstić information content (AvgIpc) is 2.08. The number of carbonyl (C=O) groups is 1. The molecule has 0 spiro atoms. The van der Waals surface area contributed by atoms with E-state index in [2.05, 4.69) is 10.1 Å². The maximum atomic E-state index is 10.8. The predicted molar refractivity (Wildman–Crippen MR) is 41.2 cm³/mol. The van der Waals surface area contributed by atoms with E-state index < -0.39 is 5.97 Å². The van der Waals surface area contributed by atoms with Crippen molar-refractivity contribution in [1.29, 1.82) is 1.43 Å². The molecule has 1 heterocycles. The molecule has 0 fully saturated rings. The quantitative estimate of drug-likeness (QED) is 0.694. The van der Waals surface area contributed by atoms with Gasteiger partial charge >= 0.3 is 5.97 Å². The van der Waals surface area contributed by atoms with Gasteiger partial charge in [0.1, 0.15) is 5.15 Å². The number of halogens is 2. The summed E-state index contributed by atoms with van der Waals surface area (Å²) in [6.07, 6.45) is 0. The summed E-state index contributed by atoms with van der Waals surface area (Å²) in [4.78, 5) is 14.4. The van der Waals surface area contributed by atoms with Crippen LogP contribution in [0.4, 0.5) is 0 Å². The van der Waals surface area contributed by atoms with Crippen LogP contribution in [-0.4, -0.2) is 16.1 Å². The molecule has 0 aliphatic rings. The number of aromatic nitrogens is 1. The Labute approximate surface area is 74.1 Å². The molecule has 5 heteroatoms. The second-order valence-electron chi connectivity index (χ2n) is 1.75. The van der Waals surface area contributed by atoms with Crippen LogP contribution in [0.2, 0.25) is 10.2 Å². The van der Waals surface area contributed by atoms with E-state index in [0.29, 0.717) is 0 Å². The van der Waals surface area contributed by atoms with Crippen molar-refractivity contribution in [2.75, 3.05) is 0 Å². The van der Waals surface area contributed by atoms with Gasteiger partial charge in [0, 0.05) is 0 Å². The van der Waals surface area contributed by atoms with E-state index in [9.17, 15) is 4.79 Å². The van der Waals surface area contributed by atoms with E-state index in [1.165, 1.54) is 12.1 Å². The molecule has 0 atom stereocenters. The van der Waals surface area contributed by atoms with Crippen LogP contribution in [0.1, 0.15) is 10.5 Å². The summed E-state index contributed by atoms with van der Waals surface area (Å²) in [5, 5.41) is 3.91. The van der Waals surface area contributed by atoms with Gasteiger partial charge in [0.2, 0.25) is 0 Å². The molecule has 0 unspecified atom stereocenters. The van der Waals surface area contributed by atoms with Crippen LogP contribution in [0, 0.1) is 0 Å². The number of carboxylic acids is 1. The highest BCUT2D eigenvalue weighted by molar-refractivity contribution is 6.34. The summed E-state index contributed by atoms with van der Waals surface area (Å²) in [5.41, 5.74) is -0.154. The number of nitrogens with zero attached hydrogens (tertiary/aromatic N) is 1. The molecular weight excluding hydrogens is 189 g/mol. The van der Waals surface area contributed by atoms with Gasteiger partial charge in [0.25, 0.3) is 1.43 Å². The lowest BCUT2D eigenvalue weighted by atomic mass is 10.3. The number of aromatic carboxylic acids is 1. The van der Waals surface area contributed by atoms with Gasteiger partial charge in [-0.15, -0.1) is 0 Å². The molecule has 0 aliphatic heterocycles. The van der Waals surface area contributed by atoms with Gasteiger partial charge in [-0.1, -0.05) is 23.2 Å². The molecule has 0 bridgehead atoms. The number of hydrogen-bond acceptors (Lipinski definition) is 3. The molecule has 0 saturated carbocycles. The SMILES string of the molecule is [2H]OC(=O)c1nc(Cl)ccc1Cl. The molecule has 0 aliphatic carbocycles. The van der Waals surface area contributed by atoms with Gasteiger partial charge in [0.05, 0.1) is 5.02 Å². The minimum atomic E-state index is -0.928. The van der Waals surface area contributed by atoms with Crippen molar-refractivity contribution in [2.45, 2.75) is 0 Å². The third kappa shape index (κ3) is 1.82. The minimum absolute atomic E-state index is 0.108. The zero-order chi connectivity index (χ0) is 9.14. The lowest BCUT2D eigenvalue weighted by Crippen LogP contribution is -2.00. The average molecular weight is 193 g/mol. The second-order valence-corrected chi connectivity index (χ2v) is 2.55. The Kier molecular flexibility index (Phi) is 1.92. The Morgan fingerprint density at radius 2 is 2.36 bits per heavy atom. The largest absolute Gasteiger partial charge is 0.476 e. The van der Waals surface area contributed by atoms with Gasteiger partial charge in [-0.3, -0.25) is 0 Å². The lowest BCUT2D eigenvalue weighted by Gasteiger charge is -1.96. The normalized spacial score (nSPS) is 10.5. The van der Waals surface area contributed by atoms with Crippen LogP contribution in [0.15, 0.2) is 12.1 Å². The summed E-state index contributed by atoms with van der Waals surface area (Å²) in [6.45, 7) is 0. The number of hydrogen-bond donors (Lipinski definition) is 1. The van der Waals surface area contributed by atoms with Crippen LogP contribution in [0.25, 0.3) is 1.43 Å². The first-order valence-electron chi connectivity index (χ1n) is 3.05. The summed E-state index contributed by atoms with van der Waals surface area (Å²) < 4.78 is 6.32. The van der Waals surface area contributed by atoms with Gasteiger partial charge in [0.15, 0.2) is 5.69 Å². The smallest absolute Gasteiger partial charge is 0.356 e. The number of carboxylic acid groups (broad SMARTS) is 1. The number of rotatable bonds is 1. The Hall–Kier alpha value is -0.800. The highest BCUT2D eigenvalue weighted by atomic mass is 35.5. The van der Waals surface area contributed by atoms with Crippen molar-refractivity contribution < 1.29 is 9.90 Å². The number of pyridine rings is 1. The van der Waals surface area contributed by atoms with Crippen molar-refractivity contribution in [3.05, 3.63) is 28.0 Å². The highest BCUT2D eigenvalue weighted by Crippen LogP contribution is 2.16. The van der Waals surface area contributed by atoms with Gasteiger partial charge in [-0.25, -0.2) is 9.78 Å². The zero-order valence-corrected chi connectivity index (χ0v) is 6.69. The van der Waals surface area contributed by atoms with E-state index in [-0.39, 0.29) is 15.9 Å². The molecule has 0 radical (unpaired) electrons. The molecular formula is C6H3Cl2NO2. The van der Waals surface area contributed by atoms with Crippen molar-refractivity contribution in [3.8, 4) is 0 Å². The third-order valence-corrected chi connectivity index (χ3v) is 1.52. The molecule has 1 aromatic rings. The molecule has 58 valence electrons. The van der Waals surface area contributed by atoms with Crippen LogP contribution in [0.3, 0.4) is 0 Å². The first kappa shape index (κ1) is 6.88. The van der Waals surface area contributed by atoms with E-state index in [1.807, 2.05) is 0 Å². The van der Waals surface area contributed by atoms with Crippen LogP contribution >= 0.6 is 23.2 Å². The van der Waals surface area contributed by atoms with Gasteiger partial charge in [-0.05, 0) is 12.1 Å². The summed E-state index contributed by atoms with van der Waals surface area (Å²) >= 11 is 11.0. The van der Waals surface area contributed by atoms with E-state index >= 15 is 0 Å². The minimum Gasteiger partial charge on any atom is -0.476 e. The summed E-state index contributed by atoms with van der Waals surface area (Å²) in [6, 6.07) is 2.84. The Balaban J connectivity index is 3.13. The van der Waals surface area contributed by atoms with E-state index in [4.69, 9.17) is 24.6 Å². The van der Waals surface area contributed by atoms with Gasteiger partial charge < -0.3 is 5.11 Å². The Morgan fingerprint density at radius 3 is 3.00 bits per heavy atom. The van der Waals surface area contributed by atoms with Gasteiger partial charge in [-0.2, -0.15) is 0 Å². The fourth-order valence-electron chi connectivity index (χ4n) is 0.561. The predicted octanol–water partition coefficient (Wildman–Crippen LogP) is 2.09. The monoisotopic (exact) mass is 192 g/mol. The molecule has 1 aromatic heterocycles. The maximum Gasteiger partial charge on any atom is 0.356 e. The second kappa shape index (κ2) is 3.07. The zero-order valence-electron chi connectivity index (χ0n) is 6.17. The van der Waals surface area contributed by atoms with Crippen LogP contribution in [-0.2, 0) is 0 Å². The lowest BCUT2D eigenvalue weighted by molar-refractivity contribution is 0.0690. The first-order chi connectivity index (χ1) is 5.65. The molecule has 1 rings (SSSR count). The van der Waals surface area contributed by atoms with Crippen LogP contribution < -0.4 is 0 Å². The standard InChI is InChI=1S/C6H3Cl2NO2/c7-3-1-2-4(8)9-5(3)6(10)11/h1-2H,(H,10,11)/i/hD. The fourth-order valence-corrected chi connectivity index (χ4v) is 0.891. The Morgan fingerprint density at radius 1 is 1.64 bits per heavy atom. The van der Waals surface area contributed by atoms with Crippen molar-refractivity contribution in [1.82, 2.24) is 4.98 Å². The Bertz CT molecular complexity index is 318. The van der Waals surface area contributed by atoms with Crippen molar-refractivity contribution in [3.63, 3.8) is 0 Å².